The standard InChI is InChI=1S/C28H24FN3O5S/c1-17-7-10-22(13-18(17)2)31-25(33)15-32-27(35)24(38-28(32)36)14-19-5-3-4-6-23(19)37-16-26(34)30-21-11-8-20(29)9-12-21/h3-14H,15-16H2,1-2H3,(H,30,34)(H,31,33)/b24-14+. The molecule has 0 unspecified atom stereocenters. The van der Waals surface area contributed by atoms with E-state index in [1.807, 2.05) is 26.0 Å². The lowest BCUT2D eigenvalue weighted by atomic mass is 10.1. The molecule has 2 N–H and O–H groups in total. The fourth-order valence-electron chi connectivity index (χ4n) is 3.55. The number of rotatable bonds is 8. The lowest BCUT2D eigenvalue weighted by Gasteiger charge is -2.13. The normalized spacial score (nSPS) is 14.1. The van der Waals surface area contributed by atoms with Gasteiger partial charge in [0.25, 0.3) is 17.1 Å². The molecule has 4 rings (SSSR count). The monoisotopic (exact) mass is 533 g/mol. The van der Waals surface area contributed by atoms with Crippen LogP contribution in [0.5, 0.6) is 5.75 Å². The summed E-state index contributed by atoms with van der Waals surface area (Å²) in [6.07, 6.45) is 1.49. The Labute approximate surface area is 222 Å². The zero-order valence-electron chi connectivity index (χ0n) is 20.6. The topological polar surface area (TPSA) is 105 Å². The second-order valence-electron chi connectivity index (χ2n) is 8.50. The van der Waals surface area contributed by atoms with Gasteiger partial charge in [0.2, 0.25) is 5.91 Å². The van der Waals surface area contributed by atoms with Gasteiger partial charge in [0.1, 0.15) is 18.1 Å². The van der Waals surface area contributed by atoms with Crippen LogP contribution in [0.2, 0.25) is 0 Å². The lowest BCUT2D eigenvalue weighted by Crippen LogP contribution is -2.36. The summed E-state index contributed by atoms with van der Waals surface area (Å²) in [5.41, 5.74) is 3.56. The largest absolute Gasteiger partial charge is 0.483 e. The number of ether oxygens (including phenoxy) is 1. The van der Waals surface area contributed by atoms with Gasteiger partial charge in [-0.2, -0.15) is 0 Å². The van der Waals surface area contributed by atoms with Crippen LogP contribution in [0.1, 0.15) is 16.7 Å². The highest BCUT2D eigenvalue weighted by Crippen LogP contribution is 2.34. The minimum absolute atomic E-state index is 0.126. The number of anilines is 2. The third-order valence-corrected chi connectivity index (χ3v) is 6.57. The second kappa shape index (κ2) is 11.7. The first-order valence-corrected chi connectivity index (χ1v) is 12.4. The maximum atomic E-state index is 13.0. The van der Waals surface area contributed by atoms with Crippen molar-refractivity contribution in [1.82, 2.24) is 4.90 Å². The Kier molecular flexibility index (Phi) is 8.22. The van der Waals surface area contributed by atoms with Crippen LogP contribution in [0.3, 0.4) is 0 Å². The number of carbonyl (C=O) groups excluding carboxylic acids is 4. The SMILES string of the molecule is Cc1ccc(NC(=O)CN2C(=O)S/C(=C/c3ccccc3OCC(=O)Nc3ccc(F)cc3)C2=O)cc1C. The Morgan fingerprint density at radius 1 is 0.921 bits per heavy atom. The molecule has 1 aliphatic rings. The number of halogens is 1. The van der Waals surface area contributed by atoms with E-state index in [4.69, 9.17) is 4.74 Å². The van der Waals surface area contributed by atoms with Crippen LogP contribution >= 0.6 is 11.8 Å². The molecule has 1 saturated heterocycles. The third kappa shape index (κ3) is 6.65. The van der Waals surface area contributed by atoms with Crippen molar-refractivity contribution >= 4 is 52.2 Å². The van der Waals surface area contributed by atoms with Crippen LogP contribution in [-0.4, -0.2) is 41.0 Å². The molecule has 0 saturated carbocycles. The van der Waals surface area contributed by atoms with E-state index >= 15 is 0 Å². The van der Waals surface area contributed by atoms with Gasteiger partial charge in [0.15, 0.2) is 6.61 Å². The number of carbonyl (C=O) groups is 4. The molecule has 3 aromatic carbocycles. The molecule has 3 aromatic rings. The van der Waals surface area contributed by atoms with Crippen LogP contribution in [-0.2, 0) is 14.4 Å². The zero-order chi connectivity index (χ0) is 27.2. The third-order valence-electron chi connectivity index (χ3n) is 5.66. The van der Waals surface area contributed by atoms with E-state index in [1.165, 1.54) is 30.3 Å². The van der Waals surface area contributed by atoms with E-state index in [0.29, 0.717) is 22.7 Å². The number of para-hydroxylation sites is 1. The van der Waals surface area contributed by atoms with Crippen molar-refractivity contribution in [2.45, 2.75) is 13.8 Å². The van der Waals surface area contributed by atoms with Crippen molar-refractivity contribution in [3.05, 3.63) is 94.1 Å². The van der Waals surface area contributed by atoms with Gasteiger partial charge in [0.05, 0.1) is 4.91 Å². The first-order chi connectivity index (χ1) is 18.2. The molecular weight excluding hydrogens is 509 g/mol. The molecule has 4 amide bonds. The minimum atomic E-state index is -0.598. The molecule has 1 fully saturated rings. The highest BCUT2D eigenvalue weighted by molar-refractivity contribution is 8.18. The number of nitrogens with one attached hydrogen (secondary N) is 2. The fourth-order valence-corrected chi connectivity index (χ4v) is 4.37. The molecule has 194 valence electrons. The molecule has 1 heterocycles. The van der Waals surface area contributed by atoms with E-state index < -0.39 is 35.3 Å². The maximum absolute atomic E-state index is 13.0. The van der Waals surface area contributed by atoms with Gasteiger partial charge in [-0.15, -0.1) is 0 Å². The molecular formula is C28H24FN3O5S. The van der Waals surface area contributed by atoms with Crippen molar-refractivity contribution in [1.29, 1.82) is 0 Å². The van der Waals surface area contributed by atoms with Crippen LogP contribution in [0, 0.1) is 19.7 Å². The Morgan fingerprint density at radius 3 is 2.34 bits per heavy atom. The predicted octanol–water partition coefficient (Wildman–Crippen LogP) is 5.14. The maximum Gasteiger partial charge on any atom is 0.294 e. The van der Waals surface area contributed by atoms with E-state index in [2.05, 4.69) is 10.6 Å². The predicted molar refractivity (Wildman–Crippen MR) is 144 cm³/mol. The van der Waals surface area contributed by atoms with Crippen LogP contribution in [0.15, 0.2) is 71.6 Å². The van der Waals surface area contributed by atoms with Gasteiger partial charge in [-0.25, -0.2) is 4.39 Å². The Hall–Kier alpha value is -4.44. The van der Waals surface area contributed by atoms with E-state index in [1.54, 1.807) is 30.3 Å². The van der Waals surface area contributed by atoms with Gasteiger partial charge >= 0.3 is 0 Å². The van der Waals surface area contributed by atoms with Crippen molar-refractivity contribution in [2.24, 2.45) is 0 Å². The highest BCUT2D eigenvalue weighted by atomic mass is 32.2. The average molecular weight is 534 g/mol. The molecule has 0 spiro atoms. The number of nitrogens with zero attached hydrogens (tertiary/aromatic N) is 1. The molecule has 10 heteroatoms. The van der Waals surface area contributed by atoms with Gasteiger partial charge in [-0.05, 0) is 85.3 Å². The molecule has 0 aliphatic carbocycles. The van der Waals surface area contributed by atoms with Gasteiger partial charge in [-0.3, -0.25) is 24.1 Å². The molecule has 0 atom stereocenters. The number of imide groups is 1. The van der Waals surface area contributed by atoms with Crippen LogP contribution in [0.25, 0.3) is 6.08 Å². The zero-order valence-corrected chi connectivity index (χ0v) is 21.4. The fraction of sp³-hybridized carbons (Fsp3) is 0.143. The summed E-state index contributed by atoms with van der Waals surface area (Å²) in [4.78, 5) is 51.2. The molecule has 0 radical (unpaired) electrons. The summed E-state index contributed by atoms with van der Waals surface area (Å²) in [6.45, 7) is 3.13. The first-order valence-electron chi connectivity index (χ1n) is 11.6. The molecule has 0 bridgehead atoms. The first kappa shape index (κ1) is 26.6. The summed E-state index contributed by atoms with van der Waals surface area (Å²) in [7, 11) is 0. The molecule has 1 aliphatic heterocycles. The number of hydrogen-bond acceptors (Lipinski definition) is 6. The van der Waals surface area contributed by atoms with Crippen molar-refractivity contribution in [3.8, 4) is 5.75 Å². The summed E-state index contributed by atoms with van der Waals surface area (Å²) in [6, 6.07) is 17.5. The Morgan fingerprint density at radius 2 is 1.61 bits per heavy atom. The minimum Gasteiger partial charge on any atom is -0.483 e. The van der Waals surface area contributed by atoms with Crippen molar-refractivity contribution in [3.63, 3.8) is 0 Å². The van der Waals surface area contributed by atoms with E-state index in [0.717, 1.165) is 27.8 Å². The van der Waals surface area contributed by atoms with Gasteiger partial charge < -0.3 is 15.4 Å². The molecule has 38 heavy (non-hydrogen) atoms. The highest BCUT2D eigenvalue weighted by Gasteiger charge is 2.36. The Balaban J connectivity index is 1.39. The van der Waals surface area contributed by atoms with Gasteiger partial charge in [0, 0.05) is 16.9 Å². The lowest BCUT2D eigenvalue weighted by molar-refractivity contribution is -0.127. The van der Waals surface area contributed by atoms with E-state index in [9.17, 15) is 23.6 Å². The smallest absolute Gasteiger partial charge is 0.294 e. The quantitative estimate of drug-likeness (QED) is 0.389. The number of benzene rings is 3. The van der Waals surface area contributed by atoms with Crippen LogP contribution in [0.4, 0.5) is 20.6 Å². The summed E-state index contributed by atoms with van der Waals surface area (Å²) in [5, 5.41) is 4.75. The van der Waals surface area contributed by atoms with Crippen LogP contribution < -0.4 is 15.4 Å². The van der Waals surface area contributed by atoms with Crippen molar-refractivity contribution < 1.29 is 28.3 Å². The molecule has 8 nitrogen and oxygen atoms in total. The number of thioether (sulfide) groups is 1. The number of hydrogen-bond donors (Lipinski definition) is 2. The summed E-state index contributed by atoms with van der Waals surface area (Å²) < 4.78 is 18.7. The average Bonchev–Trinajstić information content (AvgIpc) is 3.14. The number of aryl methyl sites for hydroxylation is 2. The Bertz CT molecular complexity index is 1440. The van der Waals surface area contributed by atoms with E-state index in [-0.39, 0.29) is 11.5 Å². The summed E-state index contributed by atoms with van der Waals surface area (Å²) >= 11 is 0.718. The van der Waals surface area contributed by atoms with Gasteiger partial charge in [-0.1, -0.05) is 24.3 Å². The number of amides is 4. The summed E-state index contributed by atoms with van der Waals surface area (Å²) in [5.74, 6) is -1.64. The second-order valence-corrected chi connectivity index (χ2v) is 9.49. The van der Waals surface area contributed by atoms with Crippen molar-refractivity contribution in [2.75, 3.05) is 23.8 Å². The molecule has 0 aromatic heterocycles.